The summed E-state index contributed by atoms with van der Waals surface area (Å²) in [5, 5.41) is 2.91. The number of hydrogen-bond acceptors (Lipinski definition) is 3. The zero-order valence-corrected chi connectivity index (χ0v) is 12.4. The summed E-state index contributed by atoms with van der Waals surface area (Å²) in [6.07, 6.45) is 4.14. The second kappa shape index (κ2) is 7.77. The normalized spacial score (nSPS) is 16.8. The third-order valence-electron chi connectivity index (χ3n) is 3.75. The topological polar surface area (TPSA) is 81.4 Å². The third-order valence-corrected chi connectivity index (χ3v) is 3.75. The van der Waals surface area contributed by atoms with Crippen LogP contribution in [0.25, 0.3) is 0 Å². The van der Waals surface area contributed by atoms with Crippen LogP contribution in [0.4, 0.5) is 4.39 Å². The van der Waals surface area contributed by atoms with Gasteiger partial charge in [0.15, 0.2) is 6.10 Å². The first-order valence-corrected chi connectivity index (χ1v) is 7.55. The highest BCUT2D eigenvalue weighted by Gasteiger charge is 2.23. The van der Waals surface area contributed by atoms with Crippen molar-refractivity contribution in [3.63, 3.8) is 0 Å². The second-order valence-corrected chi connectivity index (χ2v) is 5.57. The Kier molecular flexibility index (Phi) is 5.75. The molecule has 6 heteroatoms. The Hall–Kier alpha value is -2.11. The summed E-state index contributed by atoms with van der Waals surface area (Å²) in [6.45, 7) is 0. The zero-order valence-electron chi connectivity index (χ0n) is 12.4. The molecule has 1 saturated carbocycles. The molecule has 0 aliphatic heterocycles. The fraction of sp³-hybridized carbons (Fsp3) is 0.500. The van der Waals surface area contributed by atoms with E-state index in [2.05, 4.69) is 5.32 Å². The molecule has 1 aromatic rings. The van der Waals surface area contributed by atoms with Gasteiger partial charge in [0.1, 0.15) is 11.6 Å². The van der Waals surface area contributed by atoms with Crippen LogP contribution in [-0.4, -0.2) is 24.0 Å². The smallest absolute Gasteiger partial charge is 0.259 e. The van der Waals surface area contributed by atoms with E-state index in [9.17, 15) is 14.0 Å². The van der Waals surface area contributed by atoms with E-state index in [0.717, 1.165) is 25.7 Å². The first-order chi connectivity index (χ1) is 10.5. The Morgan fingerprint density at radius 1 is 1.23 bits per heavy atom. The van der Waals surface area contributed by atoms with Crippen LogP contribution >= 0.6 is 0 Å². The Labute approximate surface area is 129 Å². The van der Waals surface area contributed by atoms with Crippen molar-refractivity contribution in [1.82, 2.24) is 5.32 Å². The van der Waals surface area contributed by atoms with Crippen molar-refractivity contribution in [2.45, 2.75) is 50.7 Å². The summed E-state index contributed by atoms with van der Waals surface area (Å²) in [7, 11) is 0. The molecule has 5 nitrogen and oxygen atoms in total. The lowest BCUT2D eigenvalue weighted by atomic mass is 9.95. The summed E-state index contributed by atoms with van der Waals surface area (Å²) in [4.78, 5) is 23.5. The highest BCUT2D eigenvalue weighted by Crippen LogP contribution is 2.18. The Morgan fingerprint density at radius 2 is 1.86 bits per heavy atom. The van der Waals surface area contributed by atoms with Crippen molar-refractivity contribution >= 4 is 11.8 Å². The molecule has 1 aliphatic carbocycles. The van der Waals surface area contributed by atoms with Gasteiger partial charge in [0.05, 0.1) is 6.42 Å². The van der Waals surface area contributed by atoms with E-state index in [1.165, 1.54) is 30.7 Å². The molecule has 1 atom stereocenters. The number of benzene rings is 1. The molecule has 1 unspecified atom stereocenters. The molecular formula is C16H21FN2O3. The highest BCUT2D eigenvalue weighted by molar-refractivity contribution is 5.86. The molecule has 1 aromatic carbocycles. The summed E-state index contributed by atoms with van der Waals surface area (Å²) in [5.74, 6) is -1.07. The van der Waals surface area contributed by atoms with Crippen molar-refractivity contribution in [3.8, 4) is 5.75 Å². The minimum atomic E-state index is -1.06. The minimum Gasteiger partial charge on any atom is -0.480 e. The number of carbonyl (C=O) groups excluding carboxylic acids is 2. The van der Waals surface area contributed by atoms with Crippen LogP contribution in [-0.2, 0) is 9.59 Å². The number of halogens is 1. The van der Waals surface area contributed by atoms with Gasteiger partial charge in [0.2, 0.25) is 5.91 Å². The maximum atomic E-state index is 12.8. The minimum absolute atomic E-state index is 0.136. The predicted molar refractivity (Wildman–Crippen MR) is 79.6 cm³/mol. The van der Waals surface area contributed by atoms with E-state index in [0.29, 0.717) is 5.75 Å². The van der Waals surface area contributed by atoms with Gasteiger partial charge in [-0.1, -0.05) is 19.3 Å². The number of primary amides is 1. The van der Waals surface area contributed by atoms with Gasteiger partial charge in [0.25, 0.3) is 5.91 Å². The van der Waals surface area contributed by atoms with E-state index in [1.54, 1.807) is 0 Å². The average molecular weight is 308 g/mol. The second-order valence-electron chi connectivity index (χ2n) is 5.57. The van der Waals surface area contributed by atoms with Gasteiger partial charge in [-0.25, -0.2) is 4.39 Å². The van der Waals surface area contributed by atoms with E-state index in [4.69, 9.17) is 10.5 Å². The summed E-state index contributed by atoms with van der Waals surface area (Å²) in [5.41, 5.74) is 5.28. The number of nitrogens with one attached hydrogen (secondary N) is 1. The molecule has 0 saturated heterocycles. The van der Waals surface area contributed by atoms with Crippen molar-refractivity contribution in [3.05, 3.63) is 30.1 Å². The lowest BCUT2D eigenvalue weighted by molar-refractivity contribution is -0.131. The maximum Gasteiger partial charge on any atom is 0.259 e. The fourth-order valence-electron chi connectivity index (χ4n) is 2.58. The first kappa shape index (κ1) is 16.3. The summed E-state index contributed by atoms with van der Waals surface area (Å²) >= 11 is 0. The molecule has 0 bridgehead atoms. The third kappa shape index (κ3) is 5.02. The van der Waals surface area contributed by atoms with E-state index in [-0.39, 0.29) is 18.4 Å². The van der Waals surface area contributed by atoms with Crippen LogP contribution in [0.5, 0.6) is 5.75 Å². The monoisotopic (exact) mass is 308 g/mol. The SMILES string of the molecule is NC(=O)C(CC(=O)NC1CCCCC1)Oc1ccc(F)cc1. The number of carbonyl (C=O) groups is 2. The molecule has 0 heterocycles. The van der Waals surface area contributed by atoms with Crippen molar-refractivity contribution in [2.24, 2.45) is 5.73 Å². The van der Waals surface area contributed by atoms with Gasteiger partial charge in [-0.3, -0.25) is 9.59 Å². The zero-order chi connectivity index (χ0) is 15.9. The van der Waals surface area contributed by atoms with Crippen LogP contribution in [0.3, 0.4) is 0 Å². The van der Waals surface area contributed by atoms with E-state index in [1.807, 2.05) is 0 Å². The number of rotatable bonds is 6. The van der Waals surface area contributed by atoms with Crippen LogP contribution in [0, 0.1) is 5.82 Å². The lowest BCUT2D eigenvalue weighted by Crippen LogP contribution is -2.42. The van der Waals surface area contributed by atoms with Crippen LogP contribution < -0.4 is 15.8 Å². The van der Waals surface area contributed by atoms with E-state index >= 15 is 0 Å². The van der Waals surface area contributed by atoms with Gasteiger partial charge >= 0.3 is 0 Å². The van der Waals surface area contributed by atoms with Crippen LogP contribution in [0.1, 0.15) is 38.5 Å². The molecular weight excluding hydrogens is 287 g/mol. The highest BCUT2D eigenvalue weighted by atomic mass is 19.1. The molecule has 2 amide bonds. The molecule has 22 heavy (non-hydrogen) atoms. The molecule has 1 fully saturated rings. The Bertz CT molecular complexity index is 513. The van der Waals surface area contributed by atoms with Gasteiger partial charge in [0, 0.05) is 6.04 Å². The van der Waals surface area contributed by atoms with Crippen LogP contribution in [0.15, 0.2) is 24.3 Å². The molecule has 3 N–H and O–H groups in total. The largest absolute Gasteiger partial charge is 0.480 e. The van der Waals surface area contributed by atoms with Gasteiger partial charge in [-0.2, -0.15) is 0 Å². The molecule has 1 aliphatic rings. The Balaban J connectivity index is 1.88. The van der Waals surface area contributed by atoms with Gasteiger partial charge < -0.3 is 15.8 Å². The van der Waals surface area contributed by atoms with Crippen LogP contribution in [0.2, 0.25) is 0 Å². The van der Waals surface area contributed by atoms with Crippen molar-refractivity contribution < 1.29 is 18.7 Å². The van der Waals surface area contributed by atoms with Gasteiger partial charge in [-0.05, 0) is 37.1 Å². The predicted octanol–water partition coefficient (Wildman–Crippen LogP) is 1.90. The molecule has 0 aromatic heterocycles. The molecule has 0 radical (unpaired) electrons. The molecule has 0 spiro atoms. The van der Waals surface area contributed by atoms with Gasteiger partial charge in [-0.15, -0.1) is 0 Å². The number of amides is 2. The quantitative estimate of drug-likeness (QED) is 0.842. The summed E-state index contributed by atoms with van der Waals surface area (Å²) in [6, 6.07) is 5.39. The standard InChI is InChI=1S/C16H21FN2O3/c17-11-6-8-13(9-7-11)22-14(16(18)21)10-15(20)19-12-4-2-1-3-5-12/h6-9,12,14H,1-5,10H2,(H2,18,21)(H,19,20). The Morgan fingerprint density at radius 3 is 2.45 bits per heavy atom. The number of hydrogen-bond donors (Lipinski definition) is 2. The fourth-order valence-corrected chi connectivity index (χ4v) is 2.58. The average Bonchev–Trinajstić information content (AvgIpc) is 2.49. The first-order valence-electron chi connectivity index (χ1n) is 7.55. The molecule has 2 rings (SSSR count). The lowest BCUT2D eigenvalue weighted by Gasteiger charge is -2.23. The maximum absolute atomic E-state index is 12.8. The van der Waals surface area contributed by atoms with Crippen molar-refractivity contribution in [2.75, 3.05) is 0 Å². The molecule has 120 valence electrons. The number of ether oxygens (including phenoxy) is 1. The summed E-state index contributed by atoms with van der Waals surface area (Å²) < 4.78 is 18.2. The number of nitrogens with two attached hydrogens (primary N) is 1. The van der Waals surface area contributed by atoms with E-state index < -0.39 is 17.8 Å². The van der Waals surface area contributed by atoms with Crippen molar-refractivity contribution in [1.29, 1.82) is 0 Å².